The Labute approximate surface area is 96.8 Å². The minimum Gasteiger partial charge on any atom is -0.481 e. The third-order valence-electron chi connectivity index (χ3n) is 2.42. The summed E-state index contributed by atoms with van der Waals surface area (Å²) in [7, 11) is 0. The number of aliphatic carboxylic acids is 1. The van der Waals surface area contributed by atoms with Crippen molar-refractivity contribution in [3.63, 3.8) is 0 Å². The van der Waals surface area contributed by atoms with Crippen molar-refractivity contribution in [3.8, 4) is 0 Å². The van der Waals surface area contributed by atoms with Crippen molar-refractivity contribution < 1.29 is 19.5 Å². The Bertz CT molecular complexity index is 482. The molecule has 0 aromatic heterocycles. The molecular weight excluding hydrogens is 224 g/mol. The zero-order valence-corrected chi connectivity index (χ0v) is 8.84. The summed E-state index contributed by atoms with van der Waals surface area (Å²) in [4.78, 5) is 34.7. The lowest BCUT2D eigenvalue weighted by Gasteiger charge is -2.15. The average molecular weight is 234 g/mol. The fourth-order valence-electron chi connectivity index (χ4n) is 1.71. The topological polar surface area (TPSA) is 86.7 Å². The smallest absolute Gasteiger partial charge is 0.329 e. The van der Waals surface area contributed by atoms with E-state index in [0.717, 1.165) is 4.90 Å². The summed E-state index contributed by atoms with van der Waals surface area (Å²) in [6.45, 7) is -0.0553. The first-order valence-electron chi connectivity index (χ1n) is 5.00. The molecule has 6 nitrogen and oxygen atoms in total. The van der Waals surface area contributed by atoms with Gasteiger partial charge in [-0.2, -0.15) is 0 Å². The molecular formula is C11H10N2O4. The number of benzene rings is 1. The van der Waals surface area contributed by atoms with Gasteiger partial charge >= 0.3 is 12.0 Å². The van der Waals surface area contributed by atoms with Crippen molar-refractivity contribution in [2.75, 3.05) is 11.4 Å². The van der Waals surface area contributed by atoms with Crippen LogP contribution in [0.3, 0.4) is 0 Å². The van der Waals surface area contributed by atoms with Crippen molar-refractivity contribution in [2.45, 2.75) is 6.42 Å². The summed E-state index contributed by atoms with van der Waals surface area (Å²) in [5.41, 5.74) is 0.764. The first kappa shape index (κ1) is 11.1. The van der Waals surface area contributed by atoms with Gasteiger partial charge in [0.1, 0.15) is 0 Å². The van der Waals surface area contributed by atoms with Crippen LogP contribution in [0.1, 0.15) is 5.56 Å². The zero-order chi connectivity index (χ0) is 12.4. The molecule has 0 bridgehead atoms. The second kappa shape index (κ2) is 4.25. The third-order valence-corrected chi connectivity index (χ3v) is 2.42. The predicted molar refractivity (Wildman–Crippen MR) is 58.7 cm³/mol. The van der Waals surface area contributed by atoms with Crippen LogP contribution in [0.15, 0.2) is 24.3 Å². The highest BCUT2D eigenvalue weighted by Gasteiger charge is 2.31. The van der Waals surface area contributed by atoms with Gasteiger partial charge in [0.2, 0.25) is 0 Å². The number of carbonyl (C=O) groups excluding carboxylic acids is 2. The van der Waals surface area contributed by atoms with Crippen molar-refractivity contribution >= 4 is 23.6 Å². The molecule has 2 rings (SSSR count). The molecule has 1 aliphatic rings. The Morgan fingerprint density at radius 2 is 2.06 bits per heavy atom. The van der Waals surface area contributed by atoms with Crippen molar-refractivity contribution in [1.29, 1.82) is 0 Å². The minimum absolute atomic E-state index is 0.0553. The van der Waals surface area contributed by atoms with Crippen LogP contribution in [-0.4, -0.2) is 29.6 Å². The number of carboxylic acids is 1. The lowest BCUT2D eigenvalue weighted by atomic mass is 10.1. The summed E-state index contributed by atoms with van der Waals surface area (Å²) >= 11 is 0. The van der Waals surface area contributed by atoms with E-state index in [1.807, 2.05) is 0 Å². The summed E-state index contributed by atoms with van der Waals surface area (Å²) in [5.74, 6) is -1.39. The van der Waals surface area contributed by atoms with Gasteiger partial charge in [-0.1, -0.05) is 18.2 Å². The van der Waals surface area contributed by atoms with E-state index in [-0.39, 0.29) is 18.9 Å². The lowest BCUT2D eigenvalue weighted by molar-refractivity contribution is -0.136. The highest BCUT2D eigenvalue weighted by atomic mass is 16.4. The number of urea groups is 1. The molecule has 0 radical (unpaired) electrons. The van der Waals surface area contributed by atoms with Gasteiger partial charge < -0.3 is 10.4 Å². The Balaban J connectivity index is 2.40. The normalized spacial score (nSPS) is 14.9. The monoisotopic (exact) mass is 234 g/mol. The molecule has 1 aromatic carbocycles. The zero-order valence-electron chi connectivity index (χ0n) is 8.84. The molecule has 0 unspecified atom stereocenters. The van der Waals surface area contributed by atoms with Crippen LogP contribution in [0.4, 0.5) is 10.5 Å². The van der Waals surface area contributed by atoms with Gasteiger partial charge in [0.25, 0.3) is 5.91 Å². The molecule has 0 aliphatic carbocycles. The summed E-state index contributed by atoms with van der Waals surface area (Å²) in [6, 6.07) is 5.94. The Morgan fingerprint density at radius 3 is 2.65 bits per heavy atom. The minimum atomic E-state index is -1.01. The van der Waals surface area contributed by atoms with Gasteiger partial charge in [0.05, 0.1) is 18.7 Å². The van der Waals surface area contributed by atoms with Crippen molar-refractivity contribution in [1.82, 2.24) is 5.32 Å². The molecule has 3 amide bonds. The second-order valence-electron chi connectivity index (χ2n) is 3.59. The van der Waals surface area contributed by atoms with E-state index in [9.17, 15) is 14.4 Å². The maximum Gasteiger partial charge on any atom is 0.329 e. The Kier molecular flexibility index (Phi) is 2.78. The SMILES string of the molecule is O=C(O)Cc1ccccc1N1C(=O)CNC1=O. The van der Waals surface area contributed by atoms with E-state index >= 15 is 0 Å². The first-order chi connectivity index (χ1) is 8.09. The average Bonchev–Trinajstić information content (AvgIpc) is 2.59. The molecule has 1 aliphatic heterocycles. The van der Waals surface area contributed by atoms with Crippen LogP contribution in [0.25, 0.3) is 0 Å². The van der Waals surface area contributed by atoms with Gasteiger partial charge in [0, 0.05) is 0 Å². The number of imide groups is 1. The van der Waals surface area contributed by atoms with Crippen LogP contribution in [0.5, 0.6) is 0 Å². The lowest BCUT2D eigenvalue weighted by Crippen LogP contribution is -2.31. The predicted octanol–water partition coefficient (Wildman–Crippen LogP) is 0.370. The molecule has 1 aromatic rings. The molecule has 1 heterocycles. The highest BCUT2D eigenvalue weighted by Crippen LogP contribution is 2.23. The number of amides is 3. The number of para-hydroxylation sites is 1. The maximum absolute atomic E-state index is 11.5. The number of anilines is 1. The van der Waals surface area contributed by atoms with Gasteiger partial charge in [0.15, 0.2) is 0 Å². The molecule has 1 saturated heterocycles. The number of nitrogens with zero attached hydrogens (tertiary/aromatic N) is 1. The quantitative estimate of drug-likeness (QED) is 0.740. The van der Waals surface area contributed by atoms with Crippen molar-refractivity contribution in [3.05, 3.63) is 29.8 Å². The number of hydrogen-bond donors (Lipinski definition) is 2. The number of rotatable bonds is 3. The van der Waals surface area contributed by atoms with E-state index in [0.29, 0.717) is 11.3 Å². The fourth-order valence-corrected chi connectivity index (χ4v) is 1.71. The van der Waals surface area contributed by atoms with Crippen molar-refractivity contribution in [2.24, 2.45) is 0 Å². The Morgan fingerprint density at radius 1 is 1.35 bits per heavy atom. The van der Waals surface area contributed by atoms with Crippen LogP contribution in [-0.2, 0) is 16.0 Å². The molecule has 1 fully saturated rings. The molecule has 0 saturated carbocycles. The standard InChI is InChI=1S/C11H10N2O4/c14-9-6-12-11(17)13(9)8-4-2-1-3-7(8)5-10(15)16/h1-4H,5-6H2,(H,12,17)(H,15,16). The maximum atomic E-state index is 11.5. The molecule has 6 heteroatoms. The molecule has 88 valence electrons. The fraction of sp³-hybridized carbons (Fsp3) is 0.182. The first-order valence-corrected chi connectivity index (χ1v) is 5.00. The Hall–Kier alpha value is -2.37. The number of nitrogens with one attached hydrogen (secondary N) is 1. The largest absolute Gasteiger partial charge is 0.481 e. The van der Waals surface area contributed by atoms with E-state index in [1.165, 1.54) is 0 Å². The number of carbonyl (C=O) groups is 3. The molecule has 0 spiro atoms. The highest BCUT2D eigenvalue weighted by molar-refractivity contribution is 6.20. The van der Waals surface area contributed by atoms with Crippen LogP contribution in [0.2, 0.25) is 0 Å². The van der Waals surface area contributed by atoms with E-state index in [4.69, 9.17) is 5.11 Å². The molecule has 2 N–H and O–H groups in total. The summed E-state index contributed by atoms with van der Waals surface area (Å²) < 4.78 is 0. The van der Waals surface area contributed by atoms with Gasteiger partial charge in [-0.05, 0) is 11.6 Å². The molecule has 17 heavy (non-hydrogen) atoms. The van der Waals surface area contributed by atoms with Gasteiger partial charge in [-0.25, -0.2) is 9.69 Å². The molecule has 0 atom stereocenters. The third kappa shape index (κ3) is 2.10. The summed E-state index contributed by atoms with van der Waals surface area (Å²) in [5, 5.41) is 11.2. The number of hydrogen-bond acceptors (Lipinski definition) is 3. The van der Waals surface area contributed by atoms with E-state index in [1.54, 1.807) is 24.3 Å². The van der Waals surface area contributed by atoms with E-state index < -0.39 is 12.0 Å². The van der Waals surface area contributed by atoms with Crippen LogP contribution >= 0.6 is 0 Å². The van der Waals surface area contributed by atoms with Crippen LogP contribution < -0.4 is 10.2 Å². The summed E-state index contributed by atoms with van der Waals surface area (Å²) in [6.07, 6.45) is -0.229. The van der Waals surface area contributed by atoms with Gasteiger partial charge in [-0.15, -0.1) is 0 Å². The van der Waals surface area contributed by atoms with Gasteiger partial charge in [-0.3, -0.25) is 9.59 Å². The number of carboxylic acid groups (broad SMARTS) is 1. The second-order valence-corrected chi connectivity index (χ2v) is 3.59. The van der Waals surface area contributed by atoms with E-state index in [2.05, 4.69) is 5.32 Å². The van der Waals surface area contributed by atoms with Crippen LogP contribution in [0, 0.1) is 0 Å².